The minimum Gasteiger partial charge on any atom is -0.350 e. The number of carbonyl (C=O) groups is 1. The second kappa shape index (κ2) is 8.73. The summed E-state index contributed by atoms with van der Waals surface area (Å²) < 4.78 is 48.7. The third kappa shape index (κ3) is 5.60. The lowest BCUT2D eigenvalue weighted by atomic mass is 9.82. The van der Waals surface area contributed by atoms with E-state index >= 15 is 0 Å². The highest BCUT2D eigenvalue weighted by molar-refractivity contribution is 5.89. The van der Waals surface area contributed by atoms with E-state index in [1.807, 2.05) is 0 Å². The number of anilines is 1. The summed E-state index contributed by atoms with van der Waals surface area (Å²) in [5.41, 5.74) is -0.553. The smallest absolute Gasteiger partial charge is 0.350 e. The van der Waals surface area contributed by atoms with Crippen molar-refractivity contribution in [1.29, 1.82) is 0 Å². The van der Waals surface area contributed by atoms with Gasteiger partial charge in [-0.25, -0.2) is 4.79 Å². The van der Waals surface area contributed by atoms with Gasteiger partial charge in [0.2, 0.25) is 0 Å². The van der Waals surface area contributed by atoms with E-state index in [2.05, 4.69) is 24.5 Å². The number of rotatable bonds is 7. The summed E-state index contributed by atoms with van der Waals surface area (Å²) in [7, 11) is 0. The minimum absolute atomic E-state index is 0.109. The van der Waals surface area contributed by atoms with Gasteiger partial charge in [-0.15, -0.1) is 0 Å². The Morgan fingerprint density at radius 2 is 1.81 bits per heavy atom. The molecule has 0 bridgehead atoms. The van der Waals surface area contributed by atoms with E-state index in [0.29, 0.717) is 25.4 Å². The predicted octanol–water partition coefficient (Wildman–Crippen LogP) is 4.40. The van der Waals surface area contributed by atoms with Crippen LogP contribution >= 0.6 is 0 Å². The molecule has 1 aromatic carbocycles. The molecule has 2 amide bonds. The Bertz CT molecular complexity index is 586. The largest absolute Gasteiger partial charge is 0.416 e. The quantitative estimate of drug-likeness (QED) is 0.696. The Balaban J connectivity index is 1.73. The zero-order valence-corrected chi connectivity index (χ0v) is 15.0. The first kappa shape index (κ1) is 20.5. The van der Waals surface area contributed by atoms with Crippen LogP contribution in [-0.4, -0.2) is 32.1 Å². The fraction of sp³-hybridized carbons (Fsp3) is 0.611. The zero-order valence-electron chi connectivity index (χ0n) is 15.0. The van der Waals surface area contributed by atoms with Crippen LogP contribution in [0.25, 0.3) is 0 Å². The number of amides is 2. The summed E-state index contributed by atoms with van der Waals surface area (Å²) in [5.74, 6) is 0. The van der Waals surface area contributed by atoms with Gasteiger partial charge < -0.3 is 20.1 Å². The number of nitrogens with one attached hydrogen (secondary N) is 2. The fourth-order valence-electron chi connectivity index (χ4n) is 2.83. The van der Waals surface area contributed by atoms with E-state index in [-0.39, 0.29) is 11.7 Å². The number of hydrogen-bond acceptors (Lipinski definition) is 3. The van der Waals surface area contributed by atoms with Gasteiger partial charge >= 0.3 is 12.2 Å². The summed E-state index contributed by atoms with van der Waals surface area (Å²) in [4.78, 5) is 11.9. The van der Waals surface area contributed by atoms with Crippen molar-refractivity contribution in [2.75, 3.05) is 25.1 Å². The first-order valence-corrected chi connectivity index (χ1v) is 8.70. The van der Waals surface area contributed by atoms with Gasteiger partial charge in [0.15, 0.2) is 6.29 Å². The molecule has 8 heteroatoms. The summed E-state index contributed by atoms with van der Waals surface area (Å²) in [6, 6.07) is 3.88. The van der Waals surface area contributed by atoms with Gasteiger partial charge in [0.25, 0.3) is 0 Å². The molecule has 0 spiro atoms. The van der Waals surface area contributed by atoms with Crippen molar-refractivity contribution < 1.29 is 27.4 Å². The molecule has 1 heterocycles. The highest BCUT2D eigenvalue weighted by atomic mass is 19.4. The van der Waals surface area contributed by atoms with Crippen LogP contribution < -0.4 is 10.6 Å². The van der Waals surface area contributed by atoms with Gasteiger partial charge in [0, 0.05) is 17.6 Å². The molecule has 1 aliphatic heterocycles. The van der Waals surface area contributed by atoms with Crippen molar-refractivity contribution in [2.45, 2.75) is 45.6 Å². The van der Waals surface area contributed by atoms with E-state index in [0.717, 1.165) is 31.4 Å². The molecule has 5 nitrogen and oxygen atoms in total. The van der Waals surface area contributed by atoms with Gasteiger partial charge in [-0.3, -0.25) is 0 Å². The second-order valence-corrected chi connectivity index (χ2v) is 6.64. The first-order valence-electron chi connectivity index (χ1n) is 8.70. The van der Waals surface area contributed by atoms with Gasteiger partial charge in [-0.05, 0) is 43.5 Å². The number of benzene rings is 1. The van der Waals surface area contributed by atoms with Crippen molar-refractivity contribution in [3.8, 4) is 0 Å². The SMILES string of the molecule is CC[C@@](C)(CCCNC(=O)Nc1ccc(C(F)(F)F)cc1)C1OCCO1. The molecule has 1 atom stereocenters. The maximum Gasteiger partial charge on any atom is 0.416 e. The van der Waals surface area contributed by atoms with Crippen molar-refractivity contribution in [1.82, 2.24) is 5.32 Å². The van der Waals surface area contributed by atoms with Crippen LogP contribution in [-0.2, 0) is 15.7 Å². The molecule has 146 valence electrons. The third-order valence-corrected chi connectivity index (χ3v) is 4.68. The van der Waals surface area contributed by atoms with Gasteiger partial charge in [0.05, 0.1) is 18.8 Å². The van der Waals surface area contributed by atoms with E-state index in [1.165, 1.54) is 12.1 Å². The fourth-order valence-corrected chi connectivity index (χ4v) is 2.83. The van der Waals surface area contributed by atoms with E-state index in [9.17, 15) is 18.0 Å². The number of ether oxygens (including phenoxy) is 2. The lowest BCUT2D eigenvalue weighted by Crippen LogP contribution is -2.35. The predicted molar refractivity (Wildman–Crippen MR) is 91.8 cm³/mol. The maximum absolute atomic E-state index is 12.5. The number of urea groups is 1. The molecule has 26 heavy (non-hydrogen) atoms. The molecule has 2 rings (SSSR count). The number of halogens is 3. The second-order valence-electron chi connectivity index (χ2n) is 6.64. The monoisotopic (exact) mass is 374 g/mol. The topological polar surface area (TPSA) is 59.6 Å². The maximum atomic E-state index is 12.5. The Morgan fingerprint density at radius 3 is 2.35 bits per heavy atom. The van der Waals surface area contributed by atoms with Crippen molar-refractivity contribution >= 4 is 11.7 Å². The third-order valence-electron chi connectivity index (χ3n) is 4.68. The Morgan fingerprint density at radius 1 is 1.19 bits per heavy atom. The van der Waals surface area contributed by atoms with Gasteiger partial charge in [-0.1, -0.05) is 13.8 Å². The van der Waals surface area contributed by atoms with Crippen LogP contribution in [0.3, 0.4) is 0 Å². The highest BCUT2D eigenvalue weighted by Crippen LogP contribution is 2.35. The van der Waals surface area contributed by atoms with Crippen LogP contribution in [0.15, 0.2) is 24.3 Å². The summed E-state index contributed by atoms with van der Waals surface area (Å²) >= 11 is 0. The lowest BCUT2D eigenvalue weighted by Gasteiger charge is -2.33. The highest BCUT2D eigenvalue weighted by Gasteiger charge is 2.36. The molecule has 1 fully saturated rings. The minimum atomic E-state index is -4.39. The average Bonchev–Trinajstić information content (AvgIpc) is 3.13. The van der Waals surface area contributed by atoms with Crippen LogP contribution in [0.1, 0.15) is 38.7 Å². The Labute approximate surface area is 151 Å². The Hall–Kier alpha value is -1.80. The van der Waals surface area contributed by atoms with E-state index < -0.39 is 17.8 Å². The molecule has 0 radical (unpaired) electrons. The molecular weight excluding hydrogens is 349 g/mol. The molecule has 1 saturated heterocycles. The molecular formula is C18H25F3N2O3. The van der Waals surface area contributed by atoms with Crippen LogP contribution in [0, 0.1) is 5.41 Å². The van der Waals surface area contributed by atoms with Crippen LogP contribution in [0.5, 0.6) is 0 Å². The number of alkyl halides is 3. The normalized spacial score (nSPS) is 17.7. The van der Waals surface area contributed by atoms with Crippen LogP contribution in [0.4, 0.5) is 23.7 Å². The number of hydrogen-bond donors (Lipinski definition) is 2. The zero-order chi connectivity index (χ0) is 19.2. The van der Waals surface area contributed by atoms with Crippen LogP contribution in [0.2, 0.25) is 0 Å². The van der Waals surface area contributed by atoms with Gasteiger partial charge in [-0.2, -0.15) is 13.2 Å². The van der Waals surface area contributed by atoms with E-state index in [4.69, 9.17) is 9.47 Å². The van der Waals surface area contributed by atoms with E-state index in [1.54, 1.807) is 0 Å². The molecule has 0 aromatic heterocycles. The molecule has 0 aliphatic carbocycles. The molecule has 1 aromatic rings. The summed E-state index contributed by atoms with van der Waals surface area (Å²) in [5, 5.41) is 5.23. The Kier molecular flexibility index (Phi) is 6.88. The van der Waals surface area contributed by atoms with Crippen molar-refractivity contribution in [2.24, 2.45) is 5.41 Å². The van der Waals surface area contributed by atoms with Crippen molar-refractivity contribution in [3.63, 3.8) is 0 Å². The molecule has 1 aliphatic rings. The van der Waals surface area contributed by atoms with Gasteiger partial charge in [0.1, 0.15) is 0 Å². The number of carbonyl (C=O) groups excluding carboxylic acids is 1. The first-order chi connectivity index (χ1) is 12.2. The molecule has 0 saturated carbocycles. The van der Waals surface area contributed by atoms with Crippen molar-refractivity contribution in [3.05, 3.63) is 29.8 Å². The molecule has 2 N–H and O–H groups in total. The summed E-state index contributed by atoms with van der Waals surface area (Å²) in [6.07, 6.45) is -2.13. The summed E-state index contributed by atoms with van der Waals surface area (Å²) in [6.45, 7) is 5.85. The average molecular weight is 374 g/mol. The standard InChI is InChI=1S/C18H25F3N2O3/c1-3-17(2,15-25-11-12-26-15)9-4-10-22-16(24)23-14-7-5-13(6-8-14)18(19,20)21/h5-8,15H,3-4,9-12H2,1-2H3,(H2,22,23,24)/t17-/m0/s1. The lowest BCUT2D eigenvalue weighted by molar-refractivity contribution is -0.137. The molecule has 0 unspecified atom stereocenters.